The average molecular weight is 207 g/mol. The molecule has 1 saturated heterocycles. The van der Waals surface area contributed by atoms with Gasteiger partial charge in [-0.1, -0.05) is 12.8 Å². The standard InChI is InChI=1S/C11H17N3O/c1-9-10(13-8-12-9)11(15)14-6-4-2-3-5-7-14/h8H,2-7H2,1H3,(H,12,13). The van der Waals surface area contributed by atoms with Crippen molar-refractivity contribution in [1.29, 1.82) is 0 Å². The number of hydrogen-bond acceptors (Lipinski definition) is 2. The number of likely N-dealkylation sites (tertiary alicyclic amines) is 1. The first-order valence-corrected chi connectivity index (χ1v) is 5.58. The molecule has 0 aliphatic carbocycles. The molecule has 0 aromatic carbocycles. The van der Waals surface area contributed by atoms with Gasteiger partial charge in [0, 0.05) is 18.8 Å². The minimum absolute atomic E-state index is 0.0793. The number of H-pyrrole nitrogens is 1. The molecule has 82 valence electrons. The summed E-state index contributed by atoms with van der Waals surface area (Å²) in [6, 6.07) is 0. The zero-order chi connectivity index (χ0) is 10.7. The van der Waals surface area contributed by atoms with Gasteiger partial charge in [0.25, 0.3) is 5.91 Å². The molecule has 0 spiro atoms. The number of nitrogens with zero attached hydrogens (tertiary/aromatic N) is 2. The van der Waals surface area contributed by atoms with E-state index in [0.717, 1.165) is 31.6 Å². The van der Waals surface area contributed by atoms with Crippen LogP contribution in [0, 0.1) is 6.92 Å². The number of aromatic nitrogens is 2. The summed E-state index contributed by atoms with van der Waals surface area (Å²) in [6.45, 7) is 3.65. The molecule has 1 aromatic rings. The number of rotatable bonds is 1. The molecule has 2 rings (SSSR count). The Hall–Kier alpha value is -1.32. The molecule has 0 unspecified atom stereocenters. The summed E-state index contributed by atoms with van der Waals surface area (Å²) in [5.74, 6) is 0.0793. The minimum Gasteiger partial charge on any atom is -0.348 e. The first-order chi connectivity index (χ1) is 7.29. The van der Waals surface area contributed by atoms with Gasteiger partial charge < -0.3 is 9.88 Å². The van der Waals surface area contributed by atoms with Gasteiger partial charge >= 0.3 is 0 Å². The Labute approximate surface area is 89.7 Å². The molecule has 0 saturated carbocycles. The molecule has 0 bridgehead atoms. The highest BCUT2D eigenvalue weighted by atomic mass is 16.2. The third-order valence-electron chi connectivity index (χ3n) is 2.93. The summed E-state index contributed by atoms with van der Waals surface area (Å²) in [7, 11) is 0. The van der Waals surface area contributed by atoms with Crippen molar-refractivity contribution < 1.29 is 4.79 Å². The second kappa shape index (κ2) is 4.47. The van der Waals surface area contributed by atoms with E-state index in [9.17, 15) is 4.79 Å². The molecule has 4 nitrogen and oxygen atoms in total. The van der Waals surface area contributed by atoms with Crippen molar-refractivity contribution in [2.24, 2.45) is 0 Å². The number of aromatic amines is 1. The Morgan fingerprint density at radius 1 is 1.33 bits per heavy atom. The number of carbonyl (C=O) groups excluding carboxylic acids is 1. The zero-order valence-electron chi connectivity index (χ0n) is 9.12. The molecule has 0 atom stereocenters. The Balaban J connectivity index is 2.09. The molecular formula is C11H17N3O. The maximum absolute atomic E-state index is 12.1. The summed E-state index contributed by atoms with van der Waals surface area (Å²) in [4.78, 5) is 21.0. The highest BCUT2D eigenvalue weighted by Crippen LogP contribution is 2.13. The Bertz CT molecular complexity index is 337. The minimum atomic E-state index is 0.0793. The SMILES string of the molecule is Cc1[nH]cnc1C(=O)N1CCCCCC1. The smallest absolute Gasteiger partial charge is 0.274 e. The van der Waals surface area contributed by atoms with Crippen molar-refractivity contribution in [1.82, 2.24) is 14.9 Å². The van der Waals surface area contributed by atoms with Crippen LogP contribution in [0.3, 0.4) is 0 Å². The van der Waals surface area contributed by atoms with E-state index < -0.39 is 0 Å². The van der Waals surface area contributed by atoms with Crippen LogP contribution < -0.4 is 0 Å². The molecule has 1 aromatic heterocycles. The number of hydrogen-bond donors (Lipinski definition) is 1. The fraction of sp³-hybridized carbons (Fsp3) is 0.636. The van der Waals surface area contributed by atoms with E-state index in [1.54, 1.807) is 6.33 Å². The summed E-state index contributed by atoms with van der Waals surface area (Å²) in [5, 5.41) is 0. The van der Waals surface area contributed by atoms with Crippen molar-refractivity contribution in [3.05, 3.63) is 17.7 Å². The van der Waals surface area contributed by atoms with Crippen molar-refractivity contribution >= 4 is 5.91 Å². The van der Waals surface area contributed by atoms with Crippen LogP contribution in [0.5, 0.6) is 0 Å². The quantitative estimate of drug-likeness (QED) is 0.762. The second-order valence-electron chi connectivity index (χ2n) is 4.08. The van der Waals surface area contributed by atoms with Gasteiger partial charge in [0.1, 0.15) is 5.69 Å². The molecule has 1 fully saturated rings. The van der Waals surface area contributed by atoms with Gasteiger partial charge in [-0.2, -0.15) is 0 Å². The monoisotopic (exact) mass is 207 g/mol. The van der Waals surface area contributed by atoms with Crippen LogP contribution >= 0.6 is 0 Å². The lowest BCUT2D eigenvalue weighted by molar-refractivity contribution is 0.0755. The average Bonchev–Trinajstić information content (AvgIpc) is 2.53. The van der Waals surface area contributed by atoms with Crippen molar-refractivity contribution in [2.75, 3.05) is 13.1 Å². The van der Waals surface area contributed by atoms with Crippen LogP contribution in [0.1, 0.15) is 41.9 Å². The van der Waals surface area contributed by atoms with E-state index in [1.165, 1.54) is 12.8 Å². The molecule has 1 aliphatic rings. The van der Waals surface area contributed by atoms with Gasteiger partial charge in [-0.05, 0) is 19.8 Å². The third-order valence-corrected chi connectivity index (χ3v) is 2.93. The predicted molar refractivity (Wildman–Crippen MR) is 57.7 cm³/mol. The van der Waals surface area contributed by atoms with Crippen LogP contribution in [0.15, 0.2) is 6.33 Å². The van der Waals surface area contributed by atoms with Crippen molar-refractivity contribution in [3.8, 4) is 0 Å². The van der Waals surface area contributed by atoms with E-state index in [-0.39, 0.29) is 5.91 Å². The number of nitrogens with one attached hydrogen (secondary N) is 1. The Morgan fingerprint density at radius 2 is 2.00 bits per heavy atom. The summed E-state index contributed by atoms with van der Waals surface area (Å²) in [6.07, 6.45) is 6.30. The van der Waals surface area contributed by atoms with Crippen LogP contribution in [0.25, 0.3) is 0 Å². The fourth-order valence-electron chi connectivity index (χ4n) is 2.00. The van der Waals surface area contributed by atoms with E-state index >= 15 is 0 Å². The summed E-state index contributed by atoms with van der Waals surface area (Å²) >= 11 is 0. The van der Waals surface area contributed by atoms with Gasteiger partial charge in [0.05, 0.1) is 6.33 Å². The molecule has 1 amide bonds. The molecule has 0 radical (unpaired) electrons. The van der Waals surface area contributed by atoms with E-state index in [4.69, 9.17) is 0 Å². The molecule has 15 heavy (non-hydrogen) atoms. The molecule has 2 heterocycles. The summed E-state index contributed by atoms with van der Waals surface area (Å²) in [5.41, 5.74) is 1.45. The number of imidazole rings is 1. The van der Waals surface area contributed by atoms with Crippen molar-refractivity contribution in [3.63, 3.8) is 0 Å². The van der Waals surface area contributed by atoms with Crippen LogP contribution in [0.2, 0.25) is 0 Å². The molecule has 1 aliphatic heterocycles. The predicted octanol–water partition coefficient (Wildman–Crippen LogP) is 1.73. The number of amides is 1. The molecule has 4 heteroatoms. The first-order valence-electron chi connectivity index (χ1n) is 5.58. The zero-order valence-corrected chi connectivity index (χ0v) is 9.12. The normalized spacial score (nSPS) is 17.5. The fourth-order valence-corrected chi connectivity index (χ4v) is 2.00. The van der Waals surface area contributed by atoms with Gasteiger partial charge in [0.15, 0.2) is 0 Å². The van der Waals surface area contributed by atoms with Crippen LogP contribution in [0.4, 0.5) is 0 Å². The molecule has 1 N–H and O–H groups in total. The van der Waals surface area contributed by atoms with E-state index in [0.29, 0.717) is 5.69 Å². The van der Waals surface area contributed by atoms with Gasteiger partial charge in [-0.3, -0.25) is 4.79 Å². The second-order valence-corrected chi connectivity index (χ2v) is 4.08. The van der Waals surface area contributed by atoms with Gasteiger partial charge in [-0.15, -0.1) is 0 Å². The Morgan fingerprint density at radius 3 is 2.53 bits per heavy atom. The lowest BCUT2D eigenvalue weighted by Crippen LogP contribution is -2.32. The van der Waals surface area contributed by atoms with E-state index in [1.807, 2.05) is 11.8 Å². The molecular weight excluding hydrogens is 190 g/mol. The van der Waals surface area contributed by atoms with Crippen LogP contribution in [-0.2, 0) is 0 Å². The lowest BCUT2D eigenvalue weighted by Gasteiger charge is -2.19. The van der Waals surface area contributed by atoms with Crippen molar-refractivity contribution in [2.45, 2.75) is 32.6 Å². The highest BCUT2D eigenvalue weighted by molar-refractivity contribution is 5.93. The topological polar surface area (TPSA) is 49.0 Å². The highest BCUT2D eigenvalue weighted by Gasteiger charge is 2.20. The third kappa shape index (κ3) is 2.19. The van der Waals surface area contributed by atoms with E-state index in [2.05, 4.69) is 9.97 Å². The van der Waals surface area contributed by atoms with Gasteiger partial charge in [0.2, 0.25) is 0 Å². The largest absolute Gasteiger partial charge is 0.348 e. The number of aryl methyl sites for hydroxylation is 1. The Kier molecular flexibility index (Phi) is 3.04. The maximum atomic E-state index is 12.1. The maximum Gasteiger partial charge on any atom is 0.274 e. The summed E-state index contributed by atoms with van der Waals surface area (Å²) < 4.78 is 0. The lowest BCUT2D eigenvalue weighted by atomic mass is 10.2. The number of carbonyl (C=O) groups is 1. The van der Waals surface area contributed by atoms with Crippen LogP contribution in [-0.4, -0.2) is 33.9 Å². The van der Waals surface area contributed by atoms with Gasteiger partial charge in [-0.25, -0.2) is 4.98 Å². The first kappa shape index (κ1) is 10.2.